The van der Waals surface area contributed by atoms with E-state index in [1.807, 2.05) is 6.07 Å². The maximum atomic E-state index is 11.1. The van der Waals surface area contributed by atoms with Crippen LogP contribution in [-0.4, -0.2) is 11.5 Å². The topological polar surface area (TPSA) is 79.0 Å². The first-order chi connectivity index (χ1) is 9.69. The highest BCUT2D eigenvalue weighted by Gasteiger charge is 2.41. The van der Waals surface area contributed by atoms with Crippen LogP contribution in [-0.2, 0) is 0 Å². The van der Waals surface area contributed by atoms with Gasteiger partial charge in [-0.25, -0.2) is 0 Å². The summed E-state index contributed by atoms with van der Waals surface area (Å²) in [6.07, 6.45) is 5.22. The molecule has 5 heteroatoms. The smallest absolute Gasteiger partial charge is 0.293 e. The van der Waals surface area contributed by atoms with Gasteiger partial charge in [0, 0.05) is 12.6 Å². The molecule has 1 aromatic rings. The number of hydrogen-bond acceptors (Lipinski definition) is 4. The summed E-state index contributed by atoms with van der Waals surface area (Å²) in [6.45, 7) is 0.808. The standard InChI is InChI=1S/C15H17N3O2/c16-8-10-1-6-14(15(7-10)18(19)20)17-9-13(11-2-3-11)12-4-5-12/h1,6-7,11-13,17H,2-5,9H2. The number of nitro groups is 1. The van der Waals surface area contributed by atoms with Crippen molar-refractivity contribution in [1.29, 1.82) is 5.26 Å². The zero-order chi connectivity index (χ0) is 14.1. The van der Waals surface area contributed by atoms with Crippen LogP contribution in [0.2, 0.25) is 0 Å². The molecule has 1 N–H and O–H groups in total. The molecule has 2 fully saturated rings. The zero-order valence-corrected chi connectivity index (χ0v) is 11.2. The Balaban J connectivity index is 1.72. The van der Waals surface area contributed by atoms with Gasteiger partial charge in [0.05, 0.1) is 16.6 Å². The van der Waals surface area contributed by atoms with Gasteiger partial charge in [-0.3, -0.25) is 10.1 Å². The molecule has 0 saturated heterocycles. The Hall–Kier alpha value is -2.09. The highest BCUT2D eigenvalue weighted by molar-refractivity contribution is 5.64. The molecule has 3 rings (SSSR count). The number of nitro benzene ring substituents is 1. The van der Waals surface area contributed by atoms with Gasteiger partial charge in [0.25, 0.3) is 5.69 Å². The average Bonchev–Trinajstić information content (AvgIpc) is 3.32. The van der Waals surface area contributed by atoms with Crippen molar-refractivity contribution in [3.63, 3.8) is 0 Å². The molecule has 0 radical (unpaired) electrons. The van der Waals surface area contributed by atoms with Crippen molar-refractivity contribution < 1.29 is 4.92 Å². The molecule has 5 nitrogen and oxygen atoms in total. The maximum Gasteiger partial charge on any atom is 0.293 e. The van der Waals surface area contributed by atoms with Crippen LogP contribution in [0.1, 0.15) is 31.2 Å². The Morgan fingerprint density at radius 3 is 2.50 bits per heavy atom. The van der Waals surface area contributed by atoms with Crippen LogP contribution in [0.3, 0.4) is 0 Å². The molecule has 0 heterocycles. The summed E-state index contributed by atoms with van der Waals surface area (Å²) >= 11 is 0. The third kappa shape index (κ3) is 2.74. The number of benzene rings is 1. The van der Waals surface area contributed by atoms with Gasteiger partial charge in [-0.2, -0.15) is 5.26 Å². The third-order valence-electron chi connectivity index (χ3n) is 4.31. The predicted molar refractivity (Wildman–Crippen MR) is 75.2 cm³/mol. The van der Waals surface area contributed by atoms with Crippen LogP contribution in [0.25, 0.3) is 0 Å². The summed E-state index contributed by atoms with van der Waals surface area (Å²) < 4.78 is 0. The fourth-order valence-corrected chi connectivity index (χ4v) is 2.90. The number of nitrogens with zero attached hydrogens (tertiary/aromatic N) is 2. The van der Waals surface area contributed by atoms with E-state index in [0.29, 0.717) is 17.2 Å². The minimum Gasteiger partial charge on any atom is -0.379 e. The van der Waals surface area contributed by atoms with Gasteiger partial charge < -0.3 is 5.32 Å². The van der Waals surface area contributed by atoms with Crippen LogP contribution in [0.5, 0.6) is 0 Å². The van der Waals surface area contributed by atoms with E-state index in [-0.39, 0.29) is 5.69 Å². The van der Waals surface area contributed by atoms with E-state index >= 15 is 0 Å². The van der Waals surface area contributed by atoms with E-state index in [2.05, 4.69) is 5.32 Å². The van der Waals surface area contributed by atoms with Gasteiger partial charge in [0.15, 0.2) is 0 Å². The number of rotatable bonds is 6. The number of hydrogen-bond donors (Lipinski definition) is 1. The van der Waals surface area contributed by atoms with Gasteiger partial charge in [0.1, 0.15) is 5.69 Å². The minimum absolute atomic E-state index is 0.00519. The summed E-state index contributed by atoms with van der Waals surface area (Å²) in [5, 5.41) is 23.1. The van der Waals surface area contributed by atoms with Gasteiger partial charge in [-0.15, -0.1) is 0 Å². The molecule has 2 aliphatic carbocycles. The van der Waals surface area contributed by atoms with E-state index in [1.165, 1.54) is 31.7 Å². The van der Waals surface area contributed by atoms with Crippen LogP contribution in [0.15, 0.2) is 18.2 Å². The minimum atomic E-state index is -0.424. The molecule has 0 spiro atoms. The van der Waals surface area contributed by atoms with Crippen LogP contribution >= 0.6 is 0 Å². The molecule has 2 saturated carbocycles. The number of nitriles is 1. The summed E-state index contributed by atoms with van der Waals surface area (Å²) in [7, 11) is 0. The van der Waals surface area contributed by atoms with Crippen molar-refractivity contribution in [2.75, 3.05) is 11.9 Å². The lowest BCUT2D eigenvalue weighted by molar-refractivity contribution is -0.384. The molecule has 1 aromatic carbocycles. The van der Waals surface area contributed by atoms with Crippen molar-refractivity contribution in [2.24, 2.45) is 17.8 Å². The van der Waals surface area contributed by atoms with Crippen molar-refractivity contribution in [2.45, 2.75) is 25.7 Å². The van der Waals surface area contributed by atoms with Crippen molar-refractivity contribution in [3.05, 3.63) is 33.9 Å². The van der Waals surface area contributed by atoms with Gasteiger partial charge in [0.2, 0.25) is 0 Å². The SMILES string of the molecule is N#Cc1ccc(NCC(C2CC2)C2CC2)c([N+](=O)[O-])c1. The molecule has 104 valence electrons. The first kappa shape index (κ1) is 12.9. The van der Waals surface area contributed by atoms with E-state index in [0.717, 1.165) is 18.4 Å². The summed E-state index contributed by atoms with van der Waals surface area (Å²) in [5.41, 5.74) is 0.845. The molecule has 20 heavy (non-hydrogen) atoms. The second-order valence-electron chi connectivity index (χ2n) is 5.82. The monoisotopic (exact) mass is 271 g/mol. The summed E-state index contributed by atoms with van der Waals surface area (Å²) in [6, 6.07) is 6.55. The van der Waals surface area contributed by atoms with Gasteiger partial charge >= 0.3 is 0 Å². The lowest BCUT2D eigenvalue weighted by Gasteiger charge is -2.17. The molecule has 0 unspecified atom stereocenters. The van der Waals surface area contributed by atoms with Crippen LogP contribution in [0, 0.1) is 39.2 Å². The Morgan fingerprint density at radius 1 is 1.35 bits per heavy atom. The lowest BCUT2D eigenvalue weighted by Crippen LogP contribution is -2.18. The molecule has 0 aliphatic heterocycles. The Morgan fingerprint density at radius 2 is 2.00 bits per heavy atom. The highest BCUT2D eigenvalue weighted by atomic mass is 16.6. The fourth-order valence-electron chi connectivity index (χ4n) is 2.90. The highest BCUT2D eigenvalue weighted by Crippen LogP contribution is 2.49. The van der Waals surface area contributed by atoms with E-state index in [1.54, 1.807) is 12.1 Å². The zero-order valence-electron chi connectivity index (χ0n) is 11.2. The molecule has 2 aliphatic rings. The van der Waals surface area contributed by atoms with Crippen LogP contribution < -0.4 is 5.32 Å². The Labute approximate surface area is 117 Å². The molecular formula is C15H17N3O2. The fraction of sp³-hybridized carbons (Fsp3) is 0.533. The second-order valence-corrected chi connectivity index (χ2v) is 5.82. The van der Waals surface area contributed by atoms with Gasteiger partial charge in [-0.05, 0) is 55.6 Å². The van der Waals surface area contributed by atoms with E-state index in [9.17, 15) is 10.1 Å². The van der Waals surface area contributed by atoms with E-state index in [4.69, 9.17) is 5.26 Å². The molecule has 0 amide bonds. The second kappa shape index (κ2) is 5.12. The van der Waals surface area contributed by atoms with Crippen molar-refractivity contribution in [1.82, 2.24) is 0 Å². The Bertz CT molecular complexity index is 559. The molecule has 0 bridgehead atoms. The Kier molecular flexibility index (Phi) is 3.31. The largest absolute Gasteiger partial charge is 0.379 e. The lowest BCUT2D eigenvalue weighted by atomic mass is 9.98. The maximum absolute atomic E-state index is 11.1. The van der Waals surface area contributed by atoms with Gasteiger partial charge in [-0.1, -0.05) is 0 Å². The first-order valence-corrected chi connectivity index (χ1v) is 7.11. The molecule has 0 atom stereocenters. The first-order valence-electron chi connectivity index (χ1n) is 7.11. The third-order valence-corrected chi connectivity index (χ3v) is 4.31. The van der Waals surface area contributed by atoms with Crippen molar-refractivity contribution >= 4 is 11.4 Å². The molecular weight excluding hydrogens is 254 g/mol. The van der Waals surface area contributed by atoms with Crippen molar-refractivity contribution in [3.8, 4) is 6.07 Å². The average molecular weight is 271 g/mol. The number of nitrogens with one attached hydrogen (secondary N) is 1. The summed E-state index contributed by atoms with van der Waals surface area (Å²) in [5.74, 6) is 2.28. The normalized spacial score (nSPS) is 17.8. The van der Waals surface area contributed by atoms with Crippen LogP contribution in [0.4, 0.5) is 11.4 Å². The quantitative estimate of drug-likeness (QED) is 0.636. The number of anilines is 1. The summed E-state index contributed by atoms with van der Waals surface area (Å²) in [4.78, 5) is 10.7. The predicted octanol–water partition coefficient (Wildman–Crippen LogP) is 3.31. The van der Waals surface area contributed by atoms with E-state index < -0.39 is 4.92 Å². The molecule has 0 aromatic heterocycles.